The summed E-state index contributed by atoms with van der Waals surface area (Å²) in [5.74, 6) is 2.55. The molecular formula is C14H19ClN4. The molecule has 2 saturated heterocycles. The maximum absolute atomic E-state index is 6.16. The van der Waals surface area contributed by atoms with E-state index >= 15 is 0 Å². The highest BCUT2D eigenvalue weighted by atomic mass is 35.5. The molecule has 4 rings (SSSR count). The van der Waals surface area contributed by atoms with Crippen LogP contribution < -0.4 is 4.90 Å². The predicted octanol–water partition coefficient (Wildman–Crippen LogP) is 2.29. The van der Waals surface area contributed by atoms with Gasteiger partial charge in [0.25, 0.3) is 0 Å². The van der Waals surface area contributed by atoms with Crippen molar-refractivity contribution in [3.63, 3.8) is 0 Å². The summed E-state index contributed by atoms with van der Waals surface area (Å²) in [5, 5.41) is 0.598. The Morgan fingerprint density at radius 3 is 2.84 bits per heavy atom. The third-order valence-electron chi connectivity index (χ3n) is 4.55. The topological polar surface area (TPSA) is 32.3 Å². The summed E-state index contributed by atoms with van der Waals surface area (Å²) >= 11 is 6.16. The molecule has 1 atom stereocenters. The van der Waals surface area contributed by atoms with Gasteiger partial charge in [-0.3, -0.25) is 4.90 Å². The van der Waals surface area contributed by atoms with Crippen molar-refractivity contribution in [2.45, 2.75) is 37.6 Å². The molecule has 3 aliphatic rings. The van der Waals surface area contributed by atoms with Crippen molar-refractivity contribution in [3.05, 3.63) is 17.0 Å². The molecule has 5 heteroatoms. The first kappa shape index (κ1) is 11.9. The molecule has 19 heavy (non-hydrogen) atoms. The second-order valence-corrected chi connectivity index (χ2v) is 6.35. The van der Waals surface area contributed by atoms with E-state index in [-0.39, 0.29) is 0 Å². The number of anilines is 1. The minimum Gasteiger partial charge on any atom is -0.354 e. The number of aromatic nitrogens is 2. The van der Waals surface area contributed by atoms with Crippen LogP contribution in [0.1, 0.15) is 37.4 Å². The Balaban J connectivity index is 1.57. The third-order valence-corrected chi connectivity index (χ3v) is 4.75. The first-order chi connectivity index (χ1) is 9.29. The first-order valence-corrected chi connectivity index (χ1v) is 7.71. The summed E-state index contributed by atoms with van der Waals surface area (Å²) in [6, 6.07) is 2.64. The summed E-state index contributed by atoms with van der Waals surface area (Å²) in [6.07, 6.45) is 5.10. The number of rotatable bonds is 2. The third kappa shape index (κ3) is 2.32. The van der Waals surface area contributed by atoms with E-state index < -0.39 is 0 Å². The summed E-state index contributed by atoms with van der Waals surface area (Å²) in [6.45, 7) is 4.59. The van der Waals surface area contributed by atoms with Crippen molar-refractivity contribution in [1.82, 2.24) is 14.9 Å². The predicted molar refractivity (Wildman–Crippen MR) is 75.8 cm³/mol. The number of hydrogen-bond donors (Lipinski definition) is 0. The zero-order valence-corrected chi connectivity index (χ0v) is 11.8. The van der Waals surface area contributed by atoms with E-state index in [1.807, 2.05) is 6.07 Å². The largest absolute Gasteiger partial charge is 0.354 e. The molecule has 1 aliphatic carbocycles. The van der Waals surface area contributed by atoms with Gasteiger partial charge in [0.05, 0.1) is 0 Å². The Morgan fingerprint density at radius 1 is 1.11 bits per heavy atom. The van der Waals surface area contributed by atoms with Gasteiger partial charge in [0.2, 0.25) is 0 Å². The van der Waals surface area contributed by atoms with Crippen LogP contribution in [0, 0.1) is 0 Å². The van der Waals surface area contributed by atoms with Gasteiger partial charge in [0.15, 0.2) is 0 Å². The Kier molecular flexibility index (Phi) is 2.88. The molecule has 0 spiro atoms. The van der Waals surface area contributed by atoms with Crippen LogP contribution in [0.25, 0.3) is 0 Å². The van der Waals surface area contributed by atoms with Gasteiger partial charge in [-0.25, -0.2) is 9.97 Å². The van der Waals surface area contributed by atoms with Crippen molar-refractivity contribution in [2.75, 3.05) is 31.1 Å². The number of piperazine rings is 1. The summed E-state index contributed by atoms with van der Waals surface area (Å²) in [7, 11) is 0. The zero-order chi connectivity index (χ0) is 12.8. The lowest BCUT2D eigenvalue weighted by Gasteiger charge is -2.38. The molecule has 3 heterocycles. The van der Waals surface area contributed by atoms with Gasteiger partial charge in [0.1, 0.15) is 16.8 Å². The van der Waals surface area contributed by atoms with Gasteiger partial charge < -0.3 is 4.90 Å². The maximum atomic E-state index is 6.16. The van der Waals surface area contributed by atoms with Gasteiger partial charge >= 0.3 is 0 Å². The van der Waals surface area contributed by atoms with Crippen LogP contribution in [0.2, 0.25) is 5.15 Å². The lowest BCUT2D eigenvalue weighted by molar-refractivity contribution is 0.230. The fourth-order valence-electron chi connectivity index (χ4n) is 3.31. The van der Waals surface area contributed by atoms with Gasteiger partial charge in [-0.2, -0.15) is 0 Å². The quantitative estimate of drug-likeness (QED) is 0.777. The van der Waals surface area contributed by atoms with E-state index in [2.05, 4.69) is 14.8 Å². The molecule has 4 nitrogen and oxygen atoms in total. The maximum Gasteiger partial charge on any atom is 0.135 e. The van der Waals surface area contributed by atoms with Crippen molar-refractivity contribution < 1.29 is 0 Å². The fraction of sp³-hybridized carbons (Fsp3) is 0.714. The van der Waals surface area contributed by atoms with Gasteiger partial charge in [0, 0.05) is 37.7 Å². The summed E-state index contributed by atoms with van der Waals surface area (Å²) in [5.41, 5.74) is 0. The van der Waals surface area contributed by atoms with Crippen LogP contribution in [-0.2, 0) is 0 Å². The van der Waals surface area contributed by atoms with Gasteiger partial charge in [-0.1, -0.05) is 11.6 Å². The van der Waals surface area contributed by atoms with Crippen LogP contribution in [0.4, 0.5) is 5.82 Å². The minimum atomic E-state index is 0.560. The molecule has 0 N–H and O–H groups in total. The van der Waals surface area contributed by atoms with E-state index in [0.29, 0.717) is 17.1 Å². The average molecular weight is 279 g/mol. The number of hydrogen-bond acceptors (Lipinski definition) is 4. The SMILES string of the molecule is Clc1cc(N2CCN3CCCC3C2)nc(C2CC2)n1. The molecule has 0 amide bonds. The van der Waals surface area contributed by atoms with Crippen LogP contribution in [0.15, 0.2) is 6.07 Å². The Morgan fingerprint density at radius 2 is 2.00 bits per heavy atom. The smallest absolute Gasteiger partial charge is 0.135 e. The van der Waals surface area contributed by atoms with Crippen LogP contribution in [-0.4, -0.2) is 47.1 Å². The van der Waals surface area contributed by atoms with Crippen LogP contribution in [0.3, 0.4) is 0 Å². The minimum absolute atomic E-state index is 0.560. The number of fused-ring (bicyclic) bond motifs is 1. The lowest BCUT2D eigenvalue weighted by Crippen LogP contribution is -2.50. The molecular weight excluding hydrogens is 260 g/mol. The fourth-order valence-corrected chi connectivity index (χ4v) is 3.49. The molecule has 2 aliphatic heterocycles. The van der Waals surface area contributed by atoms with Crippen LogP contribution in [0.5, 0.6) is 0 Å². The second-order valence-electron chi connectivity index (χ2n) is 5.96. The normalized spacial score (nSPS) is 27.6. The summed E-state index contributed by atoms with van der Waals surface area (Å²) in [4.78, 5) is 14.1. The standard InChI is InChI=1S/C14H19ClN4/c15-12-8-13(17-14(16-12)10-3-4-10)19-7-6-18-5-1-2-11(18)9-19/h8,10-11H,1-7,9H2. The highest BCUT2D eigenvalue weighted by molar-refractivity contribution is 6.29. The van der Waals surface area contributed by atoms with Crippen molar-refractivity contribution in [2.24, 2.45) is 0 Å². The average Bonchev–Trinajstić information content (AvgIpc) is 3.16. The van der Waals surface area contributed by atoms with E-state index in [1.54, 1.807) is 0 Å². The van der Waals surface area contributed by atoms with E-state index in [9.17, 15) is 0 Å². The molecule has 1 unspecified atom stereocenters. The van der Waals surface area contributed by atoms with Crippen molar-refractivity contribution in [1.29, 1.82) is 0 Å². The first-order valence-electron chi connectivity index (χ1n) is 7.33. The van der Waals surface area contributed by atoms with E-state index in [4.69, 9.17) is 16.6 Å². The van der Waals surface area contributed by atoms with E-state index in [1.165, 1.54) is 32.2 Å². The molecule has 102 valence electrons. The van der Waals surface area contributed by atoms with Crippen molar-refractivity contribution >= 4 is 17.4 Å². The molecule has 1 aromatic heterocycles. The van der Waals surface area contributed by atoms with Gasteiger partial charge in [-0.05, 0) is 32.2 Å². The Bertz CT molecular complexity index is 488. The van der Waals surface area contributed by atoms with Crippen molar-refractivity contribution in [3.8, 4) is 0 Å². The zero-order valence-electron chi connectivity index (χ0n) is 11.1. The second kappa shape index (κ2) is 4.60. The number of nitrogens with zero attached hydrogens (tertiary/aromatic N) is 4. The highest BCUT2D eigenvalue weighted by Crippen LogP contribution is 2.39. The molecule has 0 radical (unpaired) electrons. The monoisotopic (exact) mass is 278 g/mol. The lowest BCUT2D eigenvalue weighted by atomic mass is 10.1. The van der Waals surface area contributed by atoms with Gasteiger partial charge in [-0.15, -0.1) is 0 Å². The van der Waals surface area contributed by atoms with E-state index in [0.717, 1.165) is 31.3 Å². The molecule has 0 aromatic carbocycles. The molecule has 1 aromatic rings. The highest BCUT2D eigenvalue weighted by Gasteiger charge is 2.32. The Labute approximate surface area is 118 Å². The molecule has 3 fully saturated rings. The molecule has 0 bridgehead atoms. The van der Waals surface area contributed by atoms with Crippen LogP contribution >= 0.6 is 11.6 Å². The Hall–Kier alpha value is -0.870. The number of halogens is 1. The summed E-state index contributed by atoms with van der Waals surface area (Å²) < 4.78 is 0. The molecule has 1 saturated carbocycles.